The standard InChI is InChI=1S/C36H54O2/c1-6-8-10-12-14-16-20-26-37-34-30-22-18-19-23-31(30)35(38-27-21-17-15-13-11-9-7-2)33-28-29(36(3,4)5)24-25-32(33)34/h18-19,22-25,28H,6-17,20-21,26-27H2,1-5H3. The third-order valence-corrected chi connectivity index (χ3v) is 7.78. The largest absolute Gasteiger partial charge is 0.492 e. The molecule has 0 aliphatic heterocycles. The first-order chi connectivity index (χ1) is 18.5. The molecule has 0 radical (unpaired) electrons. The van der Waals surface area contributed by atoms with Gasteiger partial charge >= 0.3 is 0 Å². The van der Waals surface area contributed by atoms with E-state index >= 15 is 0 Å². The van der Waals surface area contributed by atoms with E-state index < -0.39 is 0 Å². The molecule has 0 heterocycles. The van der Waals surface area contributed by atoms with Crippen molar-refractivity contribution in [2.45, 2.75) is 130 Å². The van der Waals surface area contributed by atoms with Gasteiger partial charge in [0.1, 0.15) is 11.5 Å². The predicted octanol–water partition coefficient (Wildman–Crippen LogP) is 11.5. The zero-order chi connectivity index (χ0) is 27.2. The lowest BCUT2D eigenvalue weighted by Gasteiger charge is -2.22. The van der Waals surface area contributed by atoms with Crippen molar-refractivity contribution < 1.29 is 9.47 Å². The second-order valence-electron chi connectivity index (χ2n) is 12.2. The Morgan fingerprint density at radius 2 is 0.921 bits per heavy atom. The van der Waals surface area contributed by atoms with Crippen molar-refractivity contribution in [2.24, 2.45) is 0 Å². The van der Waals surface area contributed by atoms with Gasteiger partial charge in [0, 0.05) is 21.5 Å². The summed E-state index contributed by atoms with van der Waals surface area (Å²) in [4.78, 5) is 0. The number of hydrogen-bond donors (Lipinski definition) is 0. The highest BCUT2D eigenvalue weighted by Crippen LogP contribution is 2.44. The van der Waals surface area contributed by atoms with Crippen LogP contribution in [0.3, 0.4) is 0 Å². The van der Waals surface area contributed by atoms with Crippen LogP contribution in [0.4, 0.5) is 0 Å². The minimum Gasteiger partial charge on any atom is -0.492 e. The average Bonchev–Trinajstić information content (AvgIpc) is 2.91. The molecule has 0 fully saturated rings. The van der Waals surface area contributed by atoms with Crippen LogP contribution < -0.4 is 9.47 Å². The molecule has 0 bridgehead atoms. The van der Waals surface area contributed by atoms with Crippen molar-refractivity contribution in [2.75, 3.05) is 13.2 Å². The molecule has 3 aromatic carbocycles. The molecule has 0 N–H and O–H groups in total. The van der Waals surface area contributed by atoms with Crippen molar-refractivity contribution in [1.29, 1.82) is 0 Å². The summed E-state index contributed by atoms with van der Waals surface area (Å²) in [6.45, 7) is 12.9. The van der Waals surface area contributed by atoms with E-state index in [1.165, 1.54) is 104 Å². The van der Waals surface area contributed by atoms with Gasteiger partial charge in [0.25, 0.3) is 0 Å². The SMILES string of the molecule is CCCCCCCCCOc1c2ccccc2c(OCCCCCCCCC)c2cc(C(C)(C)C)ccc12. The zero-order valence-corrected chi connectivity index (χ0v) is 25.2. The highest BCUT2D eigenvalue weighted by Gasteiger charge is 2.20. The van der Waals surface area contributed by atoms with Gasteiger partial charge in [-0.2, -0.15) is 0 Å². The van der Waals surface area contributed by atoms with Gasteiger partial charge in [-0.15, -0.1) is 0 Å². The summed E-state index contributed by atoms with van der Waals surface area (Å²) in [5, 5.41) is 4.70. The van der Waals surface area contributed by atoms with E-state index in [4.69, 9.17) is 9.47 Å². The van der Waals surface area contributed by atoms with Crippen LogP contribution in [0.5, 0.6) is 11.5 Å². The fourth-order valence-electron chi connectivity index (χ4n) is 5.34. The molecule has 0 aliphatic rings. The molecule has 0 amide bonds. The van der Waals surface area contributed by atoms with Crippen LogP contribution in [-0.4, -0.2) is 13.2 Å². The number of benzene rings is 3. The lowest BCUT2D eigenvalue weighted by molar-refractivity contribution is 0.306. The van der Waals surface area contributed by atoms with Crippen LogP contribution in [0.1, 0.15) is 130 Å². The van der Waals surface area contributed by atoms with E-state index in [1.807, 2.05) is 0 Å². The molecule has 3 rings (SSSR count). The first-order valence-corrected chi connectivity index (χ1v) is 15.7. The lowest BCUT2D eigenvalue weighted by Crippen LogP contribution is -2.11. The summed E-state index contributed by atoms with van der Waals surface area (Å²) in [7, 11) is 0. The molecular weight excluding hydrogens is 464 g/mol. The lowest BCUT2D eigenvalue weighted by atomic mass is 9.85. The molecule has 0 saturated heterocycles. The Morgan fingerprint density at radius 3 is 1.39 bits per heavy atom. The monoisotopic (exact) mass is 518 g/mol. The summed E-state index contributed by atoms with van der Waals surface area (Å²) in [5.74, 6) is 2.04. The van der Waals surface area contributed by atoms with Crippen molar-refractivity contribution in [3.63, 3.8) is 0 Å². The summed E-state index contributed by atoms with van der Waals surface area (Å²) in [5.41, 5.74) is 1.41. The van der Waals surface area contributed by atoms with E-state index in [0.29, 0.717) is 0 Å². The Kier molecular flexibility index (Phi) is 12.8. The van der Waals surface area contributed by atoms with Gasteiger partial charge in [-0.05, 0) is 29.9 Å². The van der Waals surface area contributed by atoms with Gasteiger partial charge in [0.05, 0.1) is 13.2 Å². The maximum absolute atomic E-state index is 6.62. The van der Waals surface area contributed by atoms with E-state index in [-0.39, 0.29) is 5.41 Å². The number of fused-ring (bicyclic) bond motifs is 2. The van der Waals surface area contributed by atoms with Gasteiger partial charge in [-0.25, -0.2) is 0 Å². The number of ether oxygens (including phenoxy) is 2. The third kappa shape index (κ3) is 8.92. The molecular formula is C36H54O2. The first-order valence-electron chi connectivity index (χ1n) is 15.7. The maximum atomic E-state index is 6.62. The zero-order valence-electron chi connectivity index (χ0n) is 25.2. The maximum Gasteiger partial charge on any atom is 0.135 e. The van der Waals surface area contributed by atoms with Crippen LogP contribution in [0.2, 0.25) is 0 Å². The Labute approximate surface area is 233 Å². The van der Waals surface area contributed by atoms with E-state index in [9.17, 15) is 0 Å². The molecule has 0 atom stereocenters. The summed E-state index contributed by atoms with van der Waals surface area (Å²) in [6, 6.07) is 15.6. The molecule has 0 unspecified atom stereocenters. The second kappa shape index (κ2) is 16.0. The van der Waals surface area contributed by atoms with Crippen LogP contribution in [0.15, 0.2) is 42.5 Å². The first kappa shape index (κ1) is 30.3. The van der Waals surface area contributed by atoms with Crippen molar-refractivity contribution >= 4 is 21.5 Å². The Hall–Kier alpha value is -2.22. The van der Waals surface area contributed by atoms with Gasteiger partial charge in [0.2, 0.25) is 0 Å². The summed E-state index contributed by atoms with van der Waals surface area (Å²) < 4.78 is 13.2. The summed E-state index contributed by atoms with van der Waals surface area (Å²) >= 11 is 0. The van der Waals surface area contributed by atoms with Crippen LogP contribution in [0.25, 0.3) is 21.5 Å². The van der Waals surface area contributed by atoms with E-state index in [2.05, 4.69) is 77.1 Å². The molecule has 0 saturated carbocycles. The van der Waals surface area contributed by atoms with Crippen LogP contribution >= 0.6 is 0 Å². The number of rotatable bonds is 18. The van der Waals surface area contributed by atoms with Crippen molar-refractivity contribution in [3.8, 4) is 11.5 Å². The van der Waals surface area contributed by atoms with Gasteiger partial charge in [-0.1, -0.05) is 148 Å². The van der Waals surface area contributed by atoms with Gasteiger partial charge in [-0.3, -0.25) is 0 Å². The number of unbranched alkanes of at least 4 members (excludes halogenated alkanes) is 12. The predicted molar refractivity (Wildman–Crippen MR) is 167 cm³/mol. The molecule has 2 heteroatoms. The molecule has 3 aromatic rings. The Morgan fingerprint density at radius 1 is 0.500 bits per heavy atom. The van der Waals surface area contributed by atoms with E-state index in [1.54, 1.807) is 0 Å². The smallest absolute Gasteiger partial charge is 0.135 e. The third-order valence-electron chi connectivity index (χ3n) is 7.78. The highest BCUT2D eigenvalue weighted by molar-refractivity contribution is 6.11. The van der Waals surface area contributed by atoms with Crippen LogP contribution in [0, 0.1) is 0 Å². The second-order valence-corrected chi connectivity index (χ2v) is 12.2. The minimum absolute atomic E-state index is 0.0778. The quantitative estimate of drug-likeness (QED) is 0.123. The number of hydrogen-bond acceptors (Lipinski definition) is 2. The van der Waals surface area contributed by atoms with Gasteiger partial charge in [0.15, 0.2) is 0 Å². The van der Waals surface area contributed by atoms with Crippen molar-refractivity contribution in [3.05, 3.63) is 48.0 Å². The highest BCUT2D eigenvalue weighted by atomic mass is 16.5. The molecule has 0 aliphatic carbocycles. The Balaban J connectivity index is 1.81. The Bertz CT molecular complexity index is 1090. The average molecular weight is 519 g/mol. The molecule has 0 aromatic heterocycles. The fourth-order valence-corrected chi connectivity index (χ4v) is 5.34. The minimum atomic E-state index is 0.0778. The normalized spacial score (nSPS) is 11.9. The van der Waals surface area contributed by atoms with Crippen LogP contribution in [-0.2, 0) is 5.41 Å². The fraction of sp³-hybridized carbons (Fsp3) is 0.611. The van der Waals surface area contributed by atoms with E-state index in [0.717, 1.165) is 37.6 Å². The van der Waals surface area contributed by atoms with Gasteiger partial charge < -0.3 is 9.47 Å². The summed E-state index contributed by atoms with van der Waals surface area (Å²) in [6.07, 6.45) is 18.1. The van der Waals surface area contributed by atoms with Crippen molar-refractivity contribution in [1.82, 2.24) is 0 Å². The molecule has 210 valence electrons. The molecule has 38 heavy (non-hydrogen) atoms. The topological polar surface area (TPSA) is 18.5 Å². The molecule has 0 spiro atoms. The molecule has 2 nitrogen and oxygen atoms in total.